The Morgan fingerprint density at radius 3 is 2.65 bits per heavy atom. The fraction of sp³-hybridized carbons (Fsp3) is 0.929. The van der Waals surface area contributed by atoms with Gasteiger partial charge in [0, 0.05) is 25.6 Å². The Balaban J connectivity index is 2.38. The fourth-order valence-corrected chi connectivity index (χ4v) is 2.41. The third-order valence-corrected chi connectivity index (χ3v) is 3.84. The molecule has 0 saturated carbocycles. The molecule has 17 heavy (non-hydrogen) atoms. The molecule has 1 amide bonds. The summed E-state index contributed by atoms with van der Waals surface area (Å²) in [7, 11) is 0. The smallest absolute Gasteiger partial charge is 0.222 e. The Hall–Kier alpha value is -0.570. The number of rotatable bonds is 4. The Bertz CT molecular complexity index is 261. The number of hydrogen-bond acceptors (Lipinski definition) is 2. The van der Waals surface area contributed by atoms with Crippen molar-refractivity contribution in [1.82, 2.24) is 4.90 Å². The zero-order valence-corrected chi connectivity index (χ0v) is 11.8. The third kappa shape index (κ3) is 4.30. The van der Waals surface area contributed by atoms with E-state index in [1.807, 2.05) is 4.90 Å². The monoisotopic (exact) mass is 240 g/mol. The number of nitrogens with two attached hydrogens (primary N) is 1. The van der Waals surface area contributed by atoms with E-state index in [-0.39, 0.29) is 11.5 Å². The van der Waals surface area contributed by atoms with Gasteiger partial charge in [0.15, 0.2) is 0 Å². The summed E-state index contributed by atoms with van der Waals surface area (Å²) < 4.78 is 0. The molecule has 0 bridgehead atoms. The molecule has 1 aliphatic rings. The Morgan fingerprint density at radius 2 is 2.12 bits per heavy atom. The van der Waals surface area contributed by atoms with E-state index in [9.17, 15) is 4.79 Å². The second-order valence-corrected chi connectivity index (χ2v) is 6.49. The second-order valence-electron chi connectivity index (χ2n) is 6.49. The van der Waals surface area contributed by atoms with Crippen LogP contribution in [0.2, 0.25) is 0 Å². The quantitative estimate of drug-likeness (QED) is 0.820. The number of piperidine rings is 1. The van der Waals surface area contributed by atoms with Gasteiger partial charge in [-0.15, -0.1) is 0 Å². The van der Waals surface area contributed by atoms with Crippen LogP contribution in [-0.2, 0) is 4.79 Å². The van der Waals surface area contributed by atoms with Crippen molar-refractivity contribution in [3.8, 4) is 0 Å². The lowest BCUT2D eigenvalue weighted by molar-refractivity contribution is -0.134. The number of carbonyl (C=O) groups excluding carboxylic acids is 1. The molecule has 1 aliphatic heterocycles. The third-order valence-electron chi connectivity index (χ3n) is 3.84. The lowest BCUT2D eigenvalue weighted by atomic mass is 9.79. The van der Waals surface area contributed by atoms with Crippen LogP contribution in [0.1, 0.15) is 53.4 Å². The lowest BCUT2D eigenvalue weighted by Gasteiger charge is -2.42. The first-order valence-electron chi connectivity index (χ1n) is 6.86. The highest BCUT2D eigenvalue weighted by molar-refractivity contribution is 5.76. The van der Waals surface area contributed by atoms with E-state index < -0.39 is 0 Å². The highest BCUT2D eigenvalue weighted by Crippen LogP contribution is 2.28. The summed E-state index contributed by atoms with van der Waals surface area (Å²) in [5.74, 6) is 1.000. The molecular weight excluding hydrogens is 212 g/mol. The SMILES string of the molecule is CC(C)CCCC(=O)N1CCC(N)C(C)(C)C1. The number of amides is 1. The average molecular weight is 240 g/mol. The number of nitrogens with zero attached hydrogens (tertiary/aromatic N) is 1. The van der Waals surface area contributed by atoms with Crippen molar-refractivity contribution in [2.24, 2.45) is 17.1 Å². The van der Waals surface area contributed by atoms with E-state index in [2.05, 4.69) is 27.7 Å². The molecule has 0 spiro atoms. The molecule has 3 nitrogen and oxygen atoms in total. The van der Waals surface area contributed by atoms with Gasteiger partial charge in [0.05, 0.1) is 0 Å². The summed E-state index contributed by atoms with van der Waals surface area (Å²) in [5.41, 5.74) is 6.14. The molecule has 2 N–H and O–H groups in total. The van der Waals surface area contributed by atoms with Crippen molar-refractivity contribution in [2.75, 3.05) is 13.1 Å². The molecule has 100 valence electrons. The maximum absolute atomic E-state index is 12.1. The molecule has 1 heterocycles. The van der Waals surface area contributed by atoms with Crippen LogP contribution in [0.3, 0.4) is 0 Å². The van der Waals surface area contributed by atoms with Gasteiger partial charge in [-0.2, -0.15) is 0 Å². The minimum absolute atomic E-state index is 0.0615. The van der Waals surface area contributed by atoms with Gasteiger partial charge < -0.3 is 10.6 Å². The Morgan fingerprint density at radius 1 is 1.47 bits per heavy atom. The van der Waals surface area contributed by atoms with E-state index >= 15 is 0 Å². The molecule has 1 atom stereocenters. The molecule has 0 aromatic carbocycles. The Labute approximate surface area is 106 Å². The predicted octanol–water partition coefficient (Wildman–Crippen LogP) is 2.40. The van der Waals surface area contributed by atoms with Crippen LogP contribution < -0.4 is 5.73 Å². The van der Waals surface area contributed by atoms with Crippen molar-refractivity contribution in [3.63, 3.8) is 0 Å². The number of hydrogen-bond donors (Lipinski definition) is 1. The summed E-state index contributed by atoms with van der Waals surface area (Å²) in [6.07, 6.45) is 3.79. The molecule has 0 aliphatic carbocycles. The summed E-state index contributed by atoms with van der Waals surface area (Å²) >= 11 is 0. The van der Waals surface area contributed by atoms with Crippen LogP contribution in [0, 0.1) is 11.3 Å². The van der Waals surface area contributed by atoms with Crippen LogP contribution in [0.5, 0.6) is 0 Å². The van der Waals surface area contributed by atoms with E-state index in [1.54, 1.807) is 0 Å². The van der Waals surface area contributed by atoms with Gasteiger partial charge in [-0.05, 0) is 24.2 Å². The molecule has 1 saturated heterocycles. The van der Waals surface area contributed by atoms with E-state index in [0.717, 1.165) is 32.4 Å². The number of likely N-dealkylation sites (tertiary alicyclic amines) is 1. The molecular formula is C14H28N2O. The second kappa shape index (κ2) is 5.85. The first-order valence-corrected chi connectivity index (χ1v) is 6.86. The number of carbonyl (C=O) groups is 1. The predicted molar refractivity (Wildman–Crippen MR) is 71.6 cm³/mol. The van der Waals surface area contributed by atoms with Gasteiger partial charge in [-0.3, -0.25) is 4.79 Å². The molecule has 1 rings (SSSR count). The van der Waals surface area contributed by atoms with Gasteiger partial charge in [0.1, 0.15) is 0 Å². The van der Waals surface area contributed by atoms with Crippen molar-refractivity contribution in [1.29, 1.82) is 0 Å². The zero-order valence-electron chi connectivity index (χ0n) is 11.8. The van der Waals surface area contributed by atoms with Gasteiger partial charge in [-0.1, -0.05) is 34.1 Å². The molecule has 0 aromatic rings. The first-order chi connectivity index (χ1) is 7.83. The maximum Gasteiger partial charge on any atom is 0.222 e. The van der Waals surface area contributed by atoms with Crippen LogP contribution in [0.4, 0.5) is 0 Å². The average Bonchev–Trinajstić information content (AvgIpc) is 2.21. The maximum atomic E-state index is 12.1. The van der Waals surface area contributed by atoms with Gasteiger partial charge >= 0.3 is 0 Å². The van der Waals surface area contributed by atoms with Crippen molar-refractivity contribution >= 4 is 5.91 Å². The first kappa shape index (κ1) is 14.5. The molecule has 1 unspecified atom stereocenters. The molecule has 0 radical (unpaired) electrons. The zero-order chi connectivity index (χ0) is 13.1. The summed E-state index contributed by atoms with van der Waals surface area (Å²) in [6.45, 7) is 10.4. The van der Waals surface area contributed by atoms with Crippen LogP contribution in [0.25, 0.3) is 0 Å². The highest BCUT2D eigenvalue weighted by atomic mass is 16.2. The van der Waals surface area contributed by atoms with E-state index in [1.165, 1.54) is 0 Å². The Kier molecular flexibility index (Phi) is 4.99. The molecule has 3 heteroatoms. The van der Waals surface area contributed by atoms with Crippen LogP contribution >= 0.6 is 0 Å². The topological polar surface area (TPSA) is 46.3 Å². The molecule has 1 fully saturated rings. The largest absolute Gasteiger partial charge is 0.342 e. The summed E-state index contributed by atoms with van der Waals surface area (Å²) in [5, 5.41) is 0. The standard InChI is InChI=1S/C14H28N2O/c1-11(2)6-5-7-13(17)16-9-8-12(15)14(3,4)10-16/h11-12H,5-10,15H2,1-4H3. The van der Waals surface area contributed by atoms with E-state index in [4.69, 9.17) is 5.73 Å². The lowest BCUT2D eigenvalue weighted by Crippen LogP contribution is -2.53. The van der Waals surface area contributed by atoms with Crippen LogP contribution in [-0.4, -0.2) is 29.9 Å². The van der Waals surface area contributed by atoms with Gasteiger partial charge in [-0.25, -0.2) is 0 Å². The van der Waals surface area contributed by atoms with Gasteiger partial charge in [0.2, 0.25) is 5.91 Å². The van der Waals surface area contributed by atoms with Gasteiger partial charge in [0.25, 0.3) is 0 Å². The minimum atomic E-state index is 0.0615. The van der Waals surface area contributed by atoms with Crippen molar-refractivity contribution in [2.45, 2.75) is 59.4 Å². The normalized spacial score (nSPS) is 24.1. The van der Waals surface area contributed by atoms with Crippen LogP contribution in [0.15, 0.2) is 0 Å². The summed E-state index contributed by atoms with van der Waals surface area (Å²) in [4.78, 5) is 14.1. The highest BCUT2D eigenvalue weighted by Gasteiger charge is 2.34. The van der Waals surface area contributed by atoms with Crippen molar-refractivity contribution in [3.05, 3.63) is 0 Å². The minimum Gasteiger partial charge on any atom is -0.342 e. The fourth-order valence-electron chi connectivity index (χ4n) is 2.41. The molecule has 0 aromatic heterocycles. The summed E-state index contributed by atoms with van der Waals surface area (Å²) in [6, 6.07) is 0.224. The van der Waals surface area contributed by atoms with Crippen molar-refractivity contribution < 1.29 is 4.79 Å². The van der Waals surface area contributed by atoms with E-state index in [0.29, 0.717) is 18.2 Å².